The molecule has 4 heteroatoms. The van der Waals surface area contributed by atoms with Gasteiger partial charge in [0.15, 0.2) is 5.78 Å². The molecule has 0 fully saturated rings. The lowest BCUT2D eigenvalue weighted by Crippen LogP contribution is -2.03. The number of nitrogens with one attached hydrogen (secondary N) is 1. The summed E-state index contributed by atoms with van der Waals surface area (Å²) in [5, 5.41) is 0.821. The Kier molecular flexibility index (Phi) is 3.18. The van der Waals surface area contributed by atoms with Crippen LogP contribution in [0.1, 0.15) is 21.5 Å². The SMILES string of the molecule is Cc1ccc(F)cc1C(=O)c1c[nH]c2cccc(Br)c12. The zero-order chi connectivity index (χ0) is 14.3. The van der Waals surface area contributed by atoms with E-state index in [0.717, 1.165) is 20.9 Å². The summed E-state index contributed by atoms with van der Waals surface area (Å²) in [6, 6.07) is 9.93. The first-order chi connectivity index (χ1) is 9.58. The first-order valence-electron chi connectivity index (χ1n) is 6.14. The van der Waals surface area contributed by atoms with Crippen LogP contribution in [-0.2, 0) is 0 Å². The van der Waals surface area contributed by atoms with Crippen LogP contribution in [0.3, 0.4) is 0 Å². The Morgan fingerprint density at radius 3 is 2.80 bits per heavy atom. The molecule has 0 aliphatic heterocycles. The molecule has 100 valence electrons. The third-order valence-corrected chi connectivity index (χ3v) is 4.00. The maximum Gasteiger partial charge on any atom is 0.195 e. The third kappa shape index (κ3) is 2.06. The van der Waals surface area contributed by atoms with Gasteiger partial charge in [-0.2, -0.15) is 0 Å². The minimum Gasteiger partial charge on any atom is -0.360 e. The summed E-state index contributed by atoms with van der Waals surface area (Å²) in [5.74, 6) is -0.585. The van der Waals surface area contributed by atoms with Crippen LogP contribution >= 0.6 is 15.9 Å². The summed E-state index contributed by atoms with van der Waals surface area (Å²) in [5.41, 5.74) is 2.57. The number of aromatic amines is 1. The molecule has 2 aromatic carbocycles. The highest BCUT2D eigenvalue weighted by atomic mass is 79.9. The number of hydrogen-bond donors (Lipinski definition) is 1. The first-order valence-corrected chi connectivity index (χ1v) is 6.93. The molecule has 20 heavy (non-hydrogen) atoms. The molecule has 1 aromatic heterocycles. The molecule has 0 unspecified atom stereocenters. The van der Waals surface area contributed by atoms with Gasteiger partial charge in [0.2, 0.25) is 0 Å². The van der Waals surface area contributed by atoms with Crippen molar-refractivity contribution in [2.24, 2.45) is 0 Å². The Morgan fingerprint density at radius 2 is 2.00 bits per heavy atom. The van der Waals surface area contributed by atoms with Crippen molar-refractivity contribution >= 4 is 32.6 Å². The molecule has 2 nitrogen and oxygen atoms in total. The molecule has 3 rings (SSSR count). The van der Waals surface area contributed by atoms with Gasteiger partial charge in [-0.15, -0.1) is 0 Å². The number of carbonyl (C=O) groups is 1. The summed E-state index contributed by atoms with van der Waals surface area (Å²) in [6.07, 6.45) is 1.67. The lowest BCUT2D eigenvalue weighted by atomic mass is 9.98. The van der Waals surface area contributed by atoms with Crippen molar-refractivity contribution in [1.29, 1.82) is 0 Å². The summed E-state index contributed by atoms with van der Waals surface area (Å²) >= 11 is 3.45. The second-order valence-electron chi connectivity index (χ2n) is 4.65. The molecule has 0 saturated heterocycles. The Bertz CT molecular complexity index is 822. The number of aromatic nitrogens is 1. The van der Waals surface area contributed by atoms with Gasteiger partial charge >= 0.3 is 0 Å². The molecule has 1 N–H and O–H groups in total. The summed E-state index contributed by atoms with van der Waals surface area (Å²) in [7, 11) is 0. The number of aryl methyl sites for hydroxylation is 1. The van der Waals surface area contributed by atoms with E-state index in [9.17, 15) is 9.18 Å². The molecule has 3 aromatic rings. The molecule has 0 saturated carbocycles. The summed E-state index contributed by atoms with van der Waals surface area (Å²) in [6.45, 7) is 1.80. The van der Waals surface area contributed by atoms with Crippen molar-refractivity contribution in [2.75, 3.05) is 0 Å². The molecule has 1 heterocycles. The van der Waals surface area contributed by atoms with E-state index >= 15 is 0 Å². The molecular formula is C16H11BrFNO. The third-order valence-electron chi connectivity index (χ3n) is 3.34. The van der Waals surface area contributed by atoms with Gasteiger partial charge in [0.1, 0.15) is 5.82 Å². The number of fused-ring (bicyclic) bond motifs is 1. The monoisotopic (exact) mass is 331 g/mol. The van der Waals surface area contributed by atoms with E-state index in [-0.39, 0.29) is 5.78 Å². The van der Waals surface area contributed by atoms with Crippen molar-refractivity contribution in [1.82, 2.24) is 4.98 Å². The van der Waals surface area contributed by atoms with E-state index in [1.54, 1.807) is 19.2 Å². The van der Waals surface area contributed by atoms with E-state index in [1.165, 1.54) is 12.1 Å². The first kappa shape index (κ1) is 13.1. The van der Waals surface area contributed by atoms with Crippen LogP contribution in [0.4, 0.5) is 4.39 Å². The lowest BCUT2D eigenvalue weighted by molar-refractivity contribution is 0.103. The van der Waals surface area contributed by atoms with Crippen LogP contribution < -0.4 is 0 Å². The minimum absolute atomic E-state index is 0.180. The molecule has 0 atom stereocenters. The van der Waals surface area contributed by atoms with Gasteiger partial charge in [-0.05, 0) is 36.8 Å². The molecule has 0 amide bonds. The van der Waals surface area contributed by atoms with Crippen molar-refractivity contribution in [3.05, 3.63) is 69.6 Å². The van der Waals surface area contributed by atoms with Gasteiger partial charge < -0.3 is 4.98 Å². The van der Waals surface area contributed by atoms with E-state index in [4.69, 9.17) is 0 Å². The standard InChI is InChI=1S/C16H11BrFNO/c1-9-5-6-10(18)7-11(9)16(20)12-8-19-14-4-2-3-13(17)15(12)14/h2-8,19H,1H3. The number of rotatable bonds is 2. The van der Waals surface area contributed by atoms with Gasteiger partial charge in [0.25, 0.3) is 0 Å². The highest BCUT2D eigenvalue weighted by molar-refractivity contribution is 9.10. The second-order valence-corrected chi connectivity index (χ2v) is 5.51. The number of hydrogen-bond acceptors (Lipinski definition) is 1. The van der Waals surface area contributed by atoms with Gasteiger partial charge in [-0.3, -0.25) is 4.79 Å². The van der Waals surface area contributed by atoms with Crippen LogP contribution in [0.5, 0.6) is 0 Å². The van der Waals surface area contributed by atoms with E-state index in [2.05, 4.69) is 20.9 Å². The molecule has 0 aliphatic carbocycles. The van der Waals surface area contributed by atoms with Crippen molar-refractivity contribution < 1.29 is 9.18 Å². The Labute approximate surface area is 123 Å². The normalized spacial score (nSPS) is 10.9. The van der Waals surface area contributed by atoms with Crippen molar-refractivity contribution in [3.63, 3.8) is 0 Å². The Balaban J connectivity index is 2.21. The lowest BCUT2D eigenvalue weighted by Gasteiger charge is -2.05. The van der Waals surface area contributed by atoms with E-state index in [0.29, 0.717) is 11.1 Å². The molecule has 0 bridgehead atoms. The quantitative estimate of drug-likeness (QED) is 0.683. The van der Waals surface area contributed by atoms with Gasteiger partial charge in [-0.25, -0.2) is 4.39 Å². The molecular weight excluding hydrogens is 321 g/mol. The van der Waals surface area contributed by atoms with Crippen LogP contribution in [-0.4, -0.2) is 10.8 Å². The summed E-state index contributed by atoms with van der Waals surface area (Å²) < 4.78 is 14.2. The number of benzene rings is 2. The predicted octanol–water partition coefficient (Wildman–Crippen LogP) is 4.61. The second kappa shape index (κ2) is 4.87. The number of carbonyl (C=O) groups excluding carboxylic acids is 1. The van der Waals surface area contributed by atoms with Gasteiger partial charge in [0.05, 0.1) is 0 Å². The maximum atomic E-state index is 13.4. The van der Waals surface area contributed by atoms with Crippen molar-refractivity contribution in [3.8, 4) is 0 Å². The van der Waals surface area contributed by atoms with Gasteiger partial charge in [-0.1, -0.05) is 28.1 Å². The zero-order valence-corrected chi connectivity index (χ0v) is 12.3. The van der Waals surface area contributed by atoms with E-state index < -0.39 is 5.82 Å². The fourth-order valence-corrected chi connectivity index (χ4v) is 2.88. The maximum absolute atomic E-state index is 13.4. The number of halogens is 2. The van der Waals surface area contributed by atoms with Crippen LogP contribution in [0.2, 0.25) is 0 Å². The zero-order valence-electron chi connectivity index (χ0n) is 10.7. The average molecular weight is 332 g/mol. The molecule has 0 spiro atoms. The fraction of sp³-hybridized carbons (Fsp3) is 0.0625. The minimum atomic E-state index is -0.405. The highest BCUT2D eigenvalue weighted by Gasteiger charge is 2.18. The highest BCUT2D eigenvalue weighted by Crippen LogP contribution is 2.29. The van der Waals surface area contributed by atoms with Crippen LogP contribution in [0, 0.1) is 12.7 Å². The topological polar surface area (TPSA) is 32.9 Å². The van der Waals surface area contributed by atoms with Crippen LogP contribution in [0.25, 0.3) is 10.9 Å². The fourth-order valence-electron chi connectivity index (χ4n) is 2.30. The Hall–Kier alpha value is -1.94. The molecule has 0 aliphatic rings. The van der Waals surface area contributed by atoms with Crippen LogP contribution in [0.15, 0.2) is 47.1 Å². The average Bonchev–Trinajstić information content (AvgIpc) is 2.86. The predicted molar refractivity (Wildman–Crippen MR) is 80.6 cm³/mol. The smallest absolute Gasteiger partial charge is 0.195 e. The van der Waals surface area contributed by atoms with E-state index in [1.807, 2.05) is 18.2 Å². The largest absolute Gasteiger partial charge is 0.360 e. The summed E-state index contributed by atoms with van der Waals surface area (Å²) in [4.78, 5) is 15.7. The Morgan fingerprint density at radius 1 is 1.20 bits per heavy atom. The van der Waals surface area contributed by atoms with Crippen molar-refractivity contribution in [2.45, 2.75) is 6.92 Å². The number of ketones is 1. The molecule has 0 radical (unpaired) electrons. The number of H-pyrrole nitrogens is 1. The van der Waals surface area contributed by atoms with Gasteiger partial charge in [0, 0.05) is 32.7 Å².